The number of hydrogen-bond acceptors (Lipinski definition) is 9. The van der Waals surface area contributed by atoms with Gasteiger partial charge in [-0.1, -0.05) is 56.2 Å². The van der Waals surface area contributed by atoms with Gasteiger partial charge in [-0.3, -0.25) is 9.11 Å². The molecule has 5 aromatic carbocycles. The first kappa shape index (κ1) is 34.8. The average molecular weight is 710 g/mol. The summed E-state index contributed by atoms with van der Waals surface area (Å²) in [6.07, 6.45) is 5.21. The topological polar surface area (TPSA) is 170 Å². The van der Waals surface area contributed by atoms with E-state index in [2.05, 4.69) is 81.2 Å². The lowest BCUT2D eigenvalue weighted by Gasteiger charge is -2.26. The molecule has 0 atom stereocenters. The third-order valence-corrected chi connectivity index (χ3v) is 10.4. The standard InChI is InChI=1S/C37H35N5O6S2/c1-25-2-4-26(5-3-25)27-6-8-28(9-7-27)29-10-12-30(13-11-29)38-31-14-16-32(17-15-31)39-40-33-18-20-34(21-19-33)41-42-36-23-22-35(49(43,44)45)24-37(36)50(46,47)48/h6-26,38H,2-5H2,1H3,(H,43,44,45)(H,46,47,48). The largest absolute Gasteiger partial charge is 0.356 e. The summed E-state index contributed by atoms with van der Waals surface area (Å²) in [4.78, 5) is -1.53. The molecule has 0 unspecified atom stereocenters. The molecule has 5 aromatic rings. The maximum Gasteiger partial charge on any atom is 0.296 e. The molecule has 0 amide bonds. The highest BCUT2D eigenvalue weighted by Crippen LogP contribution is 2.36. The lowest BCUT2D eigenvalue weighted by Crippen LogP contribution is -2.10. The molecule has 3 N–H and O–H groups in total. The van der Waals surface area contributed by atoms with Gasteiger partial charge in [-0.15, -0.1) is 5.11 Å². The van der Waals surface area contributed by atoms with Crippen LogP contribution < -0.4 is 5.32 Å². The van der Waals surface area contributed by atoms with E-state index >= 15 is 0 Å². The first-order valence-corrected chi connectivity index (χ1v) is 18.9. The van der Waals surface area contributed by atoms with Crippen molar-refractivity contribution in [3.05, 3.63) is 121 Å². The van der Waals surface area contributed by atoms with Gasteiger partial charge in [-0.2, -0.15) is 32.2 Å². The van der Waals surface area contributed by atoms with Gasteiger partial charge in [0.2, 0.25) is 0 Å². The predicted octanol–water partition coefficient (Wildman–Crippen LogP) is 10.7. The molecule has 0 radical (unpaired) electrons. The fourth-order valence-electron chi connectivity index (χ4n) is 5.82. The quantitative estimate of drug-likeness (QED) is 0.0956. The van der Waals surface area contributed by atoms with Crippen molar-refractivity contribution in [1.29, 1.82) is 0 Å². The summed E-state index contributed by atoms with van der Waals surface area (Å²) in [5.74, 6) is 1.54. The van der Waals surface area contributed by atoms with Crippen molar-refractivity contribution in [2.75, 3.05) is 5.32 Å². The summed E-state index contributed by atoms with van der Waals surface area (Å²) in [7, 11) is -9.56. The van der Waals surface area contributed by atoms with E-state index < -0.39 is 30.0 Å². The molecule has 13 heteroatoms. The molecule has 6 rings (SSSR count). The molecular weight excluding hydrogens is 675 g/mol. The Hall–Kier alpha value is -5.08. The van der Waals surface area contributed by atoms with Crippen LogP contribution in [0.5, 0.6) is 0 Å². The van der Waals surface area contributed by atoms with Gasteiger partial charge in [0.25, 0.3) is 20.2 Å². The van der Waals surface area contributed by atoms with Gasteiger partial charge in [0, 0.05) is 11.4 Å². The zero-order valence-corrected chi connectivity index (χ0v) is 28.7. The molecule has 1 fully saturated rings. The Kier molecular flexibility index (Phi) is 10.3. The molecule has 1 saturated carbocycles. The highest BCUT2D eigenvalue weighted by atomic mass is 32.2. The zero-order chi connectivity index (χ0) is 35.3. The molecule has 50 heavy (non-hydrogen) atoms. The minimum atomic E-state index is -4.86. The van der Waals surface area contributed by atoms with Crippen LogP contribution in [0.25, 0.3) is 11.1 Å². The Bertz CT molecular complexity index is 2230. The van der Waals surface area contributed by atoms with Crippen LogP contribution in [0.2, 0.25) is 0 Å². The third kappa shape index (κ3) is 8.93. The highest BCUT2D eigenvalue weighted by Gasteiger charge is 2.21. The van der Waals surface area contributed by atoms with Crippen LogP contribution in [0.4, 0.5) is 34.1 Å². The van der Waals surface area contributed by atoms with E-state index in [4.69, 9.17) is 0 Å². The molecule has 0 bridgehead atoms. The second-order valence-corrected chi connectivity index (χ2v) is 15.1. The maximum atomic E-state index is 11.7. The van der Waals surface area contributed by atoms with Crippen LogP contribution in [0.1, 0.15) is 44.1 Å². The molecular formula is C37H35N5O6S2. The molecule has 1 aliphatic rings. The summed E-state index contributed by atoms with van der Waals surface area (Å²) in [6, 6.07) is 33.9. The lowest BCUT2D eigenvalue weighted by atomic mass is 9.79. The van der Waals surface area contributed by atoms with Gasteiger partial charge in [0.05, 0.1) is 22.0 Å². The minimum Gasteiger partial charge on any atom is -0.356 e. The van der Waals surface area contributed by atoms with Crippen molar-refractivity contribution in [3.63, 3.8) is 0 Å². The molecule has 0 spiro atoms. The molecule has 0 aliphatic heterocycles. The van der Waals surface area contributed by atoms with Crippen molar-refractivity contribution >= 4 is 54.4 Å². The van der Waals surface area contributed by atoms with Gasteiger partial charge >= 0.3 is 0 Å². The summed E-state index contributed by atoms with van der Waals surface area (Å²) in [5.41, 5.74) is 6.89. The SMILES string of the molecule is CC1CCC(c2ccc(-c3ccc(Nc4ccc(N=Nc5ccc(N=Nc6ccc(S(=O)(=O)O)cc6S(=O)(=O)O)cc5)cc4)cc3)cc2)CC1. The van der Waals surface area contributed by atoms with E-state index in [-0.39, 0.29) is 5.69 Å². The molecule has 0 aromatic heterocycles. The molecule has 256 valence electrons. The van der Waals surface area contributed by atoms with Crippen LogP contribution in [0, 0.1) is 5.92 Å². The molecule has 11 nitrogen and oxygen atoms in total. The summed E-state index contributed by atoms with van der Waals surface area (Å²) >= 11 is 0. The third-order valence-electron chi connectivity index (χ3n) is 8.68. The number of anilines is 2. The summed E-state index contributed by atoms with van der Waals surface area (Å²) in [5, 5.41) is 19.7. The number of rotatable bonds is 10. The van der Waals surface area contributed by atoms with Gasteiger partial charge in [0.1, 0.15) is 10.6 Å². The average Bonchev–Trinajstić information content (AvgIpc) is 3.11. The number of azo groups is 2. The predicted molar refractivity (Wildman–Crippen MR) is 193 cm³/mol. The normalized spacial score (nSPS) is 16.9. The van der Waals surface area contributed by atoms with E-state index in [0.29, 0.717) is 29.0 Å². The number of benzene rings is 5. The Labute approximate surface area is 291 Å². The smallest absolute Gasteiger partial charge is 0.296 e. The first-order chi connectivity index (χ1) is 23.9. The maximum absolute atomic E-state index is 11.7. The minimum absolute atomic E-state index is 0.316. The number of hydrogen-bond donors (Lipinski definition) is 3. The van der Waals surface area contributed by atoms with Crippen molar-refractivity contribution in [2.24, 2.45) is 26.4 Å². The van der Waals surface area contributed by atoms with Crippen molar-refractivity contribution in [3.8, 4) is 11.1 Å². The Balaban J connectivity index is 1.04. The lowest BCUT2D eigenvalue weighted by molar-refractivity contribution is 0.348. The second kappa shape index (κ2) is 14.8. The van der Waals surface area contributed by atoms with E-state index in [0.717, 1.165) is 29.4 Å². The van der Waals surface area contributed by atoms with Crippen LogP contribution in [0.15, 0.2) is 146 Å². The van der Waals surface area contributed by atoms with E-state index in [1.807, 2.05) is 24.3 Å². The fraction of sp³-hybridized carbons (Fsp3) is 0.189. The van der Waals surface area contributed by atoms with E-state index in [1.165, 1.54) is 42.4 Å². The number of nitrogens with zero attached hydrogens (tertiary/aromatic N) is 4. The second-order valence-electron chi connectivity index (χ2n) is 12.3. The highest BCUT2D eigenvalue weighted by molar-refractivity contribution is 7.86. The monoisotopic (exact) mass is 709 g/mol. The van der Waals surface area contributed by atoms with Crippen molar-refractivity contribution < 1.29 is 25.9 Å². The van der Waals surface area contributed by atoms with Crippen LogP contribution in [-0.4, -0.2) is 25.9 Å². The number of nitrogens with one attached hydrogen (secondary N) is 1. The molecule has 0 saturated heterocycles. The van der Waals surface area contributed by atoms with Crippen molar-refractivity contribution in [2.45, 2.75) is 48.3 Å². The van der Waals surface area contributed by atoms with Gasteiger partial charge in [0.15, 0.2) is 0 Å². The van der Waals surface area contributed by atoms with Crippen molar-refractivity contribution in [1.82, 2.24) is 0 Å². The Morgan fingerprint density at radius 2 is 1.02 bits per heavy atom. The van der Waals surface area contributed by atoms with Gasteiger partial charge in [-0.05, 0) is 120 Å². The van der Waals surface area contributed by atoms with Crippen LogP contribution >= 0.6 is 0 Å². The first-order valence-electron chi connectivity index (χ1n) is 16.0. The van der Waals surface area contributed by atoms with Crippen LogP contribution in [0.3, 0.4) is 0 Å². The summed E-state index contributed by atoms with van der Waals surface area (Å²) < 4.78 is 64.9. The summed E-state index contributed by atoms with van der Waals surface area (Å²) in [6.45, 7) is 2.35. The van der Waals surface area contributed by atoms with E-state index in [1.54, 1.807) is 24.3 Å². The Morgan fingerprint density at radius 1 is 0.560 bits per heavy atom. The van der Waals surface area contributed by atoms with E-state index in [9.17, 15) is 25.9 Å². The fourth-order valence-corrected chi connectivity index (χ4v) is 7.05. The Morgan fingerprint density at radius 3 is 1.52 bits per heavy atom. The molecule has 0 heterocycles. The molecule has 1 aliphatic carbocycles. The zero-order valence-electron chi connectivity index (χ0n) is 27.1. The van der Waals surface area contributed by atoms with Gasteiger partial charge in [-0.25, -0.2) is 0 Å². The van der Waals surface area contributed by atoms with Crippen LogP contribution in [-0.2, 0) is 20.2 Å². The van der Waals surface area contributed by atoms with Gasteiger partial charge < -0.3 is 5.32 Å².